The lowest BCUT2D eigenvalue weighted by Crippen LogP contribution is -2.03. The van der Waals surface area contributed by atoms with Crippen molar-refractivity contribution in [1.29, 1.82) is 5.26 Å². The number of nitriles is 1. The molecule has 1 fully saturated rings. The number of carboxylic acid groups (broad SMARTS) is 1. The van der Waals surface area contributed by atoms with Crippen molar-refractivity contribution in [2.24, 2.45) is 17.3 Å². The first kappa shape index (κ1) is 12.4. The van der Waals surface area contributed by atoms with Crippen LogP contribution >= 0.6 is 0 Å². The molecule has 0 heterocycles. The number of rotatable bonds is 3. The van der Waals surface area contributed by atoms with Gasteiger partial charge in [-0.3, -0.25) is 4.79 Å². The summed E-state index contributed by atoms with van der Waals surface area (Å²) in [6.45, 7) is 3.79. The van der Waals surface area contributed by atoms with Gasteiger partial charge in [0.15, 0.2) is 0 Å². The summed E-state index contributed by atoms with van der Waals surface area (Å²) in [5.74, 6) is -1.45. The van der Waals surface area contributed by atoms with Gasteiger partial charge in [0.1, 0.15) is 0 Å². The molecule has 1 aromatic carbocycles. The van der Waals surface area contributed by atoms with E-state index in [1.54, 1.807) is 6.08 Å². The van der Waals surface area contributed by atoms with E-state index in [0.717, 1.165) is 5.56 Å². The van der Waals surface area contributed by atoms with Crippen molar-refractivity contribution < 1.29 is 9.90 Å². The number of aliphatic carboxylic acids is 1. The minimum absolute atomic E-state index is 0.180. The predicted octanol–water partition coefficient (Wildman–Crippen LogP) is 2.95. The molecular formula is C15H15NO2. The van der Waals surface area contributed by atoms with E-state index in [2.05, 4.69) is 6.07 Å². The lowest BCUT2D eigenvalue weighted by atomic mass is 10.0. The zero-order valence-corrected chi connectivity index (χ0v) is 10.4. The van der Waals surface area contributed by atoms with E-state index in [4.69, 9.17) is 5.11 Å². The Morgan fingerprint density at radius 1 is 1.33 bits per heavy atom. The van der Waals surface area contributed by atoms with Crippen molar-refractivity contribution in [3.05, 3.63) is 41.5 Å². The second-order valence-corrected chi connectivity index (χ2v) is 5.24. The Labute approximate surface area is 106 Å². The number of carboxylic acids is 1. The second kappa shape index (κ2) is 4.30. The molecule has 1 aromatic rings. The average Bonchev–Trinajstić information content (AvgIpc) is 2.90. The number of allylic oxidation sites excluding steroid dienone is 1. The molecule has 92 valence electrons. The van der Waals surface area contributed by atoms with Crippen LogP contribution in [0.15, 0.2) is 35.9 Å². The molecule has 0 saturated heterocycles. The summed E-state index contributed by atoms with van der Waals surface area (Å²) in [5, 5.41) is 18.4. The van der Waals surface area contributed by atoms with Gasteiger partial charge in [-0.05, 0) is 17.1 Å². The molecule has 0 unspecified atom stereocenters. The van der Waals surface area contributed by atoms with Crippen molar-refractivity contribution in [3.63, 3.8) is 0 Å². The Kier molecular flexibility index (Phi) is 2.96. The molecule has 0 spiro atoms. The largest absolute Gasteiger partial charge is 0.481 e. The second-order valence-electron chi connectivity index (χ2n) is 5.24. The summed E-state index contributed by atoms with van der Waals surface area (Å²) < 4.78 is 0. The van der Waals surface area contributed by atoms with E-state index in [0.29, 0.717) is 5.57 Å². The molecule has 0 radical (unpaired) electrons. The molecule has 3 heteroatoms. The van der Waals surface area contributed by atoms with Gasteiger partial charge in [-0.15, -0.1) is 0 Å². The molecule has 1 aliphatic rings. The van der Waals surface area contributed by atoms with Gasteiger partial charge in [0, 0.05) is 11.5 Å². The van der Waals surface area contributed by atoms with Gasteiger partial charge in [-0.1, -0.05) is 44.2 Å². The first-order valence-corrected chi connectivity index (χ1v) is 5.88. The molecule has 1 saturated carbocycles. The highest BCUT2D eigenvalue weighted by atomic mass is 16.4. The molecule has 1 aliphatic carbocycles. The Bertz CT molecular complexity index is 537. The van der Waals surface area contributed by atoms with Crippen LogP contribution in [0.25, 0.3) is 6.08 Å². The monoisotopic (exact) mass is 241 g/mol. The highest BCUT2D eigenvalue weighted by Gasteiger charge is 2.63. The van der Waals surface area contributed by atoms with Crippen LogP contribution in [-0.4, -0.2) is 11.1 Å². The van der Waals surface area contributed by atoms with Crippen LogP contribution in [0.5, 0.6) is 0 Å². The normalized spacial score (nSPS) is 25.3. The van der Waals surface area contributed by atoms with Gasteiger partial charge >= 0.3 is 5.97 Å². The van der Waals surface area contributed by atoms with Gasteiger partial charge in [0.25, 0.3) is 0 Å². The zero-order valence-electron chi connectivity index (χ0n) is 10.4. The minimum Gasteiger partial charge on any atom is -0.481 e. The molecule has 1 N–H and O–H groups in total. The maximum Gasteiger partial charge on any atom is 0.307 e. The fourth-order valence-corrected chi connectivity index (χ4v) is 2.60. The molecule has 2 rings (SSSR count). The average molecular weight is 241 g/mol. The standard InChI is InChI=1S/C15H15NO2/c1-15(2)12(13(15)14(17)18)11(9-16)8-10-6-4-3-5-7-10/h3-8,12-13H,1-2H3,(H,17,18)/t12-,13+/m1/s1. The Hall–Kier alpha value is -2.08. The van der Waals surface area contributed by atoms with E-state index >= 15 is 0 Å². The molecule has 0 amide bonds. The Morgan fingerprint density at radius 3 is 2.39 bits per heavy atom. The van der Waals surface area contributed by atoms with E-state index in [1.165, 1.54) is 0 Å². The summed E-state index contributed by atoms with van der Waals surface area (Å²) in [6, 6.07) is 11.7. The van der Waals surface area contributed by atoms with Crippen molar-refractivity contribution in [2.75, 3.05) is 0 Å². The number of benzene rings is 1. The smallest absolute Gasteiger partial charge is 0.307 e. The molecule has 0 aromatic heterocycles. The lowest BCUT2D eigenvalue weighted by Gasteiger charge is -2.00. The molecule has 0 bridgehead atoms. The third-order valence-electron chi connectivity index (χ3n) is 3.68. The van der Waals surface area contributed by atoms with Crippen molar-refractivity contribution >= 4 is 12.0 Å². The van der Waals surface area contributed by atoms with Crippen LogP contribution in [0.1, 0.15) is 19.4 Å². The molecule has 2 atom stereocenters. The van der Waals surface area contributed by atoms with Crippen LogP contribution < -0.4 is 0 Å². The fraction of sp³-hybridized carbons (Fsp3) is 0.333. The van der Waals surface area contributed by atoms with Crippen LogP contribution in [0.3, 0.4) is 0 Å². The lowest BCUT2D eigenvalue weighted by molar-refractivity contribution is -0.139. The maximum atomic E-state index is 11.1. The summed E-state index contributed by atoms with van der Waals surface area (Å²) >= 11 is 0. The summed E-state index contributed by atoms with van der Waals surface area (Å²) in [7, 11) is 0. The number of hydrogen-bond acceptors (Lipinski definition) is 2. The fourth-order valence-electron chi connectivity index (χ4n) is 2.60. The van der Waals surface area contributed by atoms with E-state index in [-0.39, 0.29) is 11.3 Å². The molecular weight excluding hydrogens is 226 g/mol. The van der Waals surface area contributed by atoms with E-state index in [1.807, 2.05) is 44.2 Å². The summed E-state index contributed by atoms with van der Waals surface area (Å²) in [4.78, 5) is 11.1. The SMILES string of the molecule is CC1(C)[C@H](C(=O)O)[C@H]1C(C#N)=Cc1ccccc1. The first-order valence-electron chi connectivity index (χ1n) is 5.88. The number of carbonyl (C=O) groups is 1. The zero-order chi connectivity index (χ0) is 13.3. The molecule has 18 heavy (non-hydrogen) atoms. The third kappa shape index (κ3) is 2.02. The number of hydrogen-bond donors (Lipinski definition) is 1. The summed E-state index contributed by atoms with van der Waals surface area (Å²) in [6.07, 6.45) is 1.79. The van der Waals surface area contributed by atoms with Crippen LogP contribution in [-0.2, 0) is 4.79 Å². The van der Waals surface area contributed by atoms with Gasteiger partial charge in [0.05, 0.1) is 12.0 Å². The van der Waals surface area contributed by atoms with Crippen LogP contribution in [0.2, 0.25) is 0 Å². The van der Waals surface area contributed by atoms with Crippen molar-refractivity contribution in [1.82, 2.24) is 0 Å². The van der Waals surface area contributed by atoms with Gasteiger partial charge in [-0.2, -0.15) is 5.26 Å². The Morgan fingerprint density at radius 2 is 1.94 bits per heavy atom. The van der Waals surface area contributed by atoms with Crippen LogP contribution in [0, 0.1) is 28.6 Å². The third-order valence-corrected chi connectivity index (χ3v) is 3.68. The van der Waals surface area contributed by atoms with E-state index < -0.39 is 11.9 Å². The quantitative estimate of drug-likeness (QED) is 0.827. The highest BCUT2D eigenvalue weighted by Crippen LogP contribution is 2.61. The maximum absolute atomic E-state index is 11.1. The minimum atomic E-state index is -0.820. The topological polar surface area (TPSA) is 61.1 Å². The molecule has 0 aliphatic heterocycles. The van der Waals surface area contributed by atoms with Crippen molar-refractivity contribution in [3.8, 4) is 6.07 Å². The highest BCUT2D eigenvalue weighted by molar-refractivity contribution is 5.78. The number of nitrogens with zero attached hydrogens (tertiary/aromatic N) is 1. The first-order chi connectivity index (χ1) is 8.48. The summed E-state index contributed by atoms with van der Waals surface area (Å²) in [5.41, 5.74) is 1.15. The van der Waals surface area contributed by atoms with Crippen LogP contribution in [0.4, 0.5) is 0 Å². The van der Waals surface area contributed by atoms with Gasteiger partial charge < -0.3 is 5.11 Å². The molecule has 3 nitrogen and oxygen atoms in total. The van der Waals surface area contributed by atoms with Crippen molar-refractivity contribution in [2.45, 2.75) is 13.8 Å². The van der Waals surface area contributed by atoms with Gasteiger partial charge in [0.2, 0.25) is 0 Å². The van der Waals surface area contributed by atoms with Gasteiger partial charge in [-0.25, -0.2) is 0 Å². The Balaban J connectivity index is 2.30. The van der Waals surface area contributed by atoms with E-state index in [9.17, 15) is 10.1 Å². The predicted molar refractivity (Wildman–Crippen MR) is 68.4 cm³/mol.